The summed E-state index contributed by atoms with van der Waals surface area (Å²) in [4.78, 5) is 12.6. The molecule has 3 aliphatic rings. The van der Waals surface area contributed by atoms with E-state index in [0.29, 0.717) is 17.5 Å². The number of fused-ring (bicyclic) bond motifs is 2. The maximum absolute atomic E-state index is 12.6. The summed E-state index contributed by atoms with van der Waals surface area (Å²) < 4.78 is 0. The summed E-state index contributed by atoms with van der Waals surface area (Å²) in [5.41, 5.74) is 0.539. The Hall–Kier alpha value is -0.610. The van der Waals surface area contributed by atoms with Crippen molar-refractivity contribution in [3.8, 4) is 0 Å². The van der Waals surface area contributed by atoms with Gasteiger partial charge in [0, 0.05) is 25.2 Å². The van der Waals surface area contributed by atoms with Crippen LogP contribution in [0.15, 0.2) is 0 Å². The average Bonchev–Trinajstić information content (AvgIpc) is 2.86. The number of hydrogen-bond donors (Lipinski definition) is 3. The second-order valence-electron chi connectivity index (χ2n) is 8.13. The quantitative estimate of drug-likeness (QED) is 0.713. The van der Waals surface area contributed by atoms with Gasteiger partial charge in [0.05, 0.1) is 6.04 Å². The summed E-state index contributed by atoms with van der Waals surface area (Å²) in [5, 5.41) is 10.1. The first-order chi connectivity index (χ1) is 9.33. The summed E-state index contributed by atoms with van der Waals surface area (Å²) in [6, 6.07) is 0.697. The Morgan fingerprint density at radius 3 is 2.50 bits per heavy atom. The number of carbonyl (C=O) groups excluding carboxylic acids is 1. The van der Waals surface area contributed by atoms with Gasteiger partial charge in [-0.25, -0.2) is 0 Å². The summed E-state index contributed by atoms with van der Waals surface area (Å²) in [6.45, 7) is 10.8. The topological polar surface area (TPSA) is 53.2 Å². The van der Waals surface area contributed by atoms with Crippen LogP contribution in [0.2, 0.25) is 0 Å². The molecule has 5 atom stereocenters. The monoisotopic (exact) mass is 279 g/mol. The molecule has 3 rings (SSSR count). The van der Waals surface area contributed by atoms with E-state index >= 15 is 0 Å². The van der Waals surface area contributed by atoms with E-state index in [4.69, 9.17) is 0 Å². The minimum Gasteiger partial charge on any atom is -0.351 e. The van der Waals surface area contributed by atoms with Crippen LogP contribution in [-0.4, -0.2) is 37.1 Å². The molecule has 0 aromatic heterocycles. The third-order valence-corrected chi connectivity index (χ3v) is 6.21. The van der Waals surface area contributed by atoms with Crippen molar-refractivity contribution >= 4 is 5.91 Å². The molecule has 5 unspecified atom stereocenters. The molecule has 1 amide bonds. The lowest BCUT2D eigenvalue weighted by atomic mass is 9.68. The summed E-state index contributed by atoms with van der Waals surface area (Å²) in [6.07, 6.45) is 3.87. The van der Waals surface area contributed by atoms with Gasteiger partial charge < -0.3 is 16.0 Å². The molecular weight excluding hydrogens is 250 g/mol. The van der Waals surface area contributed by atoms with Crippen LogP contribution in [-0.2, 0) is 4.79 Å². The molecular formula is C16H29N3O. The second kappa shape index (κ2) is 4.70. The van der Waals surface area contributed by atoms with Gasteiger partial charge in [0.2, 0.25) is 5.91 Å². The molecule has 1 heterocycles. The summed E-state index contributed by atoms with van der Waals surface area (Å²) in [5.74, 6) is 0.950. The van der Waals surface area contributed by atoms with E-state index < -0.39 is 0 Å². The van der Waals surface area contributed by atoms with Crippen molar-refractivity contribution in [2.75, 3.05) is 13.1 Å². The van der Waals surface area contributed by atoms with Gasteiger partial charge in [-0.15, -0.1) is 0 Å². The average molecular weight is 279 g/mol. The van der Waals surface area contributed by atoms with E-state index in [1.807, 2.05) is 0 Å². The largest absolute Gasteiger partial charge is 0.351 e. The standard InChI is InChI=1S/C16H29N3O/c1-10-8-18-12(9-17-10)13(20)19-14-15(2,3)11-5-6-16(14,4)7-11/h10-12,14,17-18H,5-9H2,1-4H3,(H,19,20). The Labute approximate surface area is 122 Å². The molecule has 4 heteroatoms. The van der Waals surface area contributed by atoms with E-state index in [-0.39, 0.29) is 17.4 Å². The molecule has 0 radical (unpaired) electrons. The van der Waals surface area contributed by atoms with Crippen LogP contribution in [0, 0.1) is 16.7 Å². The van der Waals surface area contributed by atoms with E-state index in [1.54, 1.807) is 0 Å². The number of carbonyl (C=O) groups is 1. The van der Waals surface area contributed by atoms with E-state index in [1.165, 1.54) is 19.3 Å². The normalized spacial score (nSPS) is 46.4. The van der Waals surface area contributed by atoms with Crippen molar-refractivity contribution in [2.45, 2.75) is 65.1 Å². The van der Waals surface area contributed by atoms with Crippen molar-refractivity contribution in [3.05, 3.63) is 0 Å². The van der Waals surface area contributed by atoms with Crippen LogP contribution in [0.1, 0.15) is 47.0 Å². The smallest absolute Gasteiger partial charge is 0.238 e. The minimum absolute atomic E-state index is 0.0790. The van der Waals surface area contributed by atoms with Gasteiger partial charge >= 0.3 is 0 Å². The molecule has 114 valence electrons. The molecule has 20 heavy (non-hydrogen) atoms. The molecule has 1 aliphatic heterocycles. The third kappa shape index (κ3) is 2.17. The highest BCUT2D eigenvalue weighted by atomic mass is 16.2. The number of hydrogen-bond acceptors (Lipinski definition) is 3. The van der Waals surface area contributed by atoms with Crippen molar-refractivity contribution in [2.24, 2.45) is 16.7 Å². The zero-order chi connectivity index (χ0) is 14.5. The number of nitrogens with one attached hydrogen (secondary N) is 3. The first-order valence-corrected chi connectivity index (χ1v) is 8.10. The van der Waals surface area contributed by atoms with Crippen molar-refractivity contribution in [1.82, 2.24) is 16.0 Å². The molecule has 1 saturated heterocycles. The first kappa shape index (κ1) is 14.3. The number of rotatable bonds is 2. The number of amides is 1. The Balaban J connectivity index is 1.67. The maximum Gasteiger partial charge on any atom is 0.238 e. The molecule has 0 aromatic carbocycles. The van der Waals surface area contributed by atoms with Gasteiger partial charge in [-0.2, -0.15) is 0 Å². The van der Waals surface area contributed by atoms with Crippen molar-refractivity contribution in [3.63, 3.8) is 0 Å². The second-order valence-corrected chi connectivity index (χ2v) is 8.13. The lowest BCUT2D eigenvalue weighted by Crippen LogP contribution is -2.62. The lowest BCUT2D eigenvalue weighted by molar-refractivity contribution is -0.126. The summed E-state index contributed by atoms with van der Waals surface area (Å²) >= 11 is 0. The fourth-order valence-electron chi connectivity index (χ4n) is 4.87. The predicted octanol–water partition coefficient (Wildman–Crippen LogP) is 1.27. The molecule has 4 nitrogen and oxygen atoms in total. The number of piperazine rings is 1. The minimum atomic E-state index is -0.0790. The van der Waals surface area contributed by atoms with Crippen molar-refractivity contribution in [1.29, 1.82) is 0 Å². The van der Waals surface area contributed by atoms with E-state index in [2.05, 4.69) is 43.6 Å². The van der Waals surface area contributed by atoms with Crippen LogP contribution >= 0.6 is 0 Å². The van der Waals surface area contributed by atoms with Gasteiger partial charge in [-0.1, -0.05) is 20.8 Å². The van der Waals surface area contributed by atoms with Gasteiger partial charge in [0.25, 0.3) is 0 Å². The van der Waals surface area contributed by atoms with Crippen LogP contribution in [0.4, 0.5) is 0 Å². The van der Waals surface area contributed by atoms with Gasteiger partial charge in [0.1, 0.15) is 0 Å². The van der Waals surface area contributed by atoms with Crippen LogP contribution in [0.25, 0.3) is 0 Å². The van der Waals surface area contributed by atoms with Crippen LogP contribution in [0.3, 0.4) is 0 Å². The highest BCUT2D eigenvalue weighted by molar-refractivity contribution is 5.82. The Bertz CT molecular complexity index is 396. The van der Waals surface area contributed by atoms with E-state index in [0.717, 1.165) is 19.0 Å². The lowest BCUT2D eigenvalue weighted by Gasteiger charge is -2.44. The highest BCUT2D eigenvalue weighted by Crippen LogP contribution is 2.62. The van der Waals surface area contributed by atoms with Gasteiger partial charge in [0.15, 0.2) is 0 Å². The molecule has 3 N–H and O–H groups in total. The molecule has 0 spiro atoms. The van der Waals surface area contributed by atoms with Crippen molar-refractivity contribution < 1.29 is 4.79 Å². The molecule has 2 aliphatic carbocycles. The summed E-state index contributed by atoms with van der Waals surface area (Å²) in [7, 11) is 0. The zero-order valence-electron chi connectivity index (χ0n) is 13.3. The maximum atomic E-state index is 12.6. The van der Waals surface area contributed by atoms with E-state index in [9.17, 15) is 4.79 Å². The predicted molar refractivity (Wildman–Crippen MR) is 80.4 cm³/mol. The van der Waals surface area contributed by atoms with Gasteiger partial charge in [-0.05, 0) is 42.9 Å². The fourth-order valence-corrected chi connectivity index (χ4v) is 4.87. The Morgan fingerprint density at radius 1 is 1.20 bits per heavy atom. The zero-order valence-corrected chi connectivity index (χ0v) is 13.3. The molecule has 2 saturated carbocycles. The third-order valence-electron chi connectivity index (χ3n) is 6.21. The molecule has 3 fully saturated rings. The molecule has 2 bridgehead atoms. The SMILES string of the molecule is CC1CNC(C(=O)NC2C3(C)CCC(C3)C2(C)C)CN1. The van der Waals surface area contributed by atoms with Gasteiger partial charge in [-0.3, -0.25) is 4.79 Å². The molecule has 0 aromatic rings. The Kier molecular flexibility index (Phi) is 3.37. The fraction of sp³-hybridized carbons (Fsp3) is 0.938. The Morgan fingerprint density at radius 2 is 1.95 bits per heavy atom. The highest BCUT2D eigenvalue weighted by Gasteiger charge is 2.59. The van der Waals surface area contributed by atoms with Crippen LogP contribution < -0.4 is 16.0 Å². The van der Waals surface area contributed by atoms with Crippen LogP contribution in [0.5, 0.6) is 0 Å². The first-order valence-electron chi connectivity index (χ1n) is 8.10.